The van der Waals surface area contributed by atoms with Gasteiger partial charge in [0.25, 0.3) is 0 Å². The fourth-order valence-corrected chi connectivity index (χ4v) is 4.19. The zero-order chi connectivity index (χ0) is 20.5. The summed E-state index contributed by atoms with van der Waals surface area (Å²) in [5, 5.41) is 4.30. The van der Waals surface area contributed by atoms with E-state index in [1.165, 1.54) is 6.20 Å². The number of fused-ring (bicyclic) bond motifs is 1. The summed E-state index contributed by atoms with van der Waals surface area (Å²) in [6.07, 6.45) is 4.85. The normalized spacial score (nSPS) is 18.1. The zero-order valence-electron chi connectivity index (χ0n) is 17.0. The van der Waals surface area contributed by atoms with Gasteiger partial charge < -0.3 is 19.7 Å². The number of aryl methyl sites for hydroxylation is 1. The molecule has 29 heavy (non-hydrogen) atoms. The highest BCUT2D eigenvalue weighted by Gasteiger charge is 2.29. The number of aromatic nitrogens is 2. The van der Waals surface area contributed by atoms with Crippen LogP contribution in [0, 0.1) is 5.82 Å². The summed E-state index contributed by atoms with van der Waals surface area (Å²) in [6, 6.07) is 9.66. The van der Waals surface area contributed by atoms with Crippen molar-refractivity contribution < 1.29 is 9.18 Å². The van der Waals surface area contributed by atoms with Crippen LogP contribution in [0.1, 0.15) is 25.5 Å². The number of halogens is 1. The molecule has 2 atom stereocenters. The molecule has 7 heteroatoms. The topological polar surface area (TPSA) is 53.4 Å². The van der Waals surface area contributed by atoms with Gasteiger partial charge in [-0.1, -0.05) is 18.2 Å². The minimum Gasteiger partial charge on any atom is -0.365 e. The van der Waals surface area contributed by atoms with Crippen molar-refractivity contribution in [1.29, 1.82) is 0 Å². The lowest BCUT2D eigenvalue weighted by Gasteiger charge is -2.41. The van der Waals surface area contributed by atoms with Gasteiger partial charge in [-0.15, -0.1) is 0 Å². The molecule has 0 saturated carbocycles. The monoisotopic (exact) mass is 395 g/mol. The summed E-state index contributed by atoms with van der Waals surface area (Å²) in [5.41, 5.74) is 2.76. The van der Waals surface area contributed by atoms with E-state index in [-0.39, 0.29) is 23.9 Å². The average Bonchev–Trinajstić information content (AvgIpc) is 3.09. The third-order valence-electron chi connectivity index (χ3n) is 5.72. The summed E-state index contributed by atoms with van der Waals surface area (Å²) in [6.45, 7) is 5.70. The van der Waals surface area contributed by atoms with Gasteiger partial charge in [0.05, 0.1) is 23.4 Å². The molecule has 0 bridgehead atoms. The molecule has 2 amide bonds. The Bertz CT molecular complexity index is 1030. The quantitative estimate of drug-likeness (QED) is 0.736. The maximum Gasteiger partial charge on any atom is 0.318 e. The van der Waals surface area contributed by atoms with Crippen molar-refractivity contribution in [3.05, 3.63) is 60.3 Å². The Morgan fingerprint density at radius 1 is 1.28 bits per heavy atom. The van der Waals surface area contributed by atoms with Gasteiger partial charge in [-0.3, -0.25) is 4.98 Å². The Morgan fingerprint density at radius 2 is 2.10 bits per heavy atom. The van der Waals surface area contributed by atoms with Crippen LogP contribution in [0.15, 0.2) is 48.9 Å². The summed E-state index contributed by atoms with van der Waals surface area (Å²) in [4.78, 5) is 20.6. The van der Waals surface area contributed by atoms with Crippen LogP contribution in [0.5, 0.6) is 0 Å². The van der Waals surface area contributed by atoms with Gasteiger partial charge in [0.15, 0.2) is 5.82 Å². The van der Waals surface area contributed by atoms with Crippen LogP contribution in [0.2, 0.25) is 0 Å². The molecule has 6 nitrogen and oxygen atoms in total. The number of benzene rings is 1. The maximum absolute atomic E-state index is 14.1. The molecule has 1 fully saturated rings. The Hall–Kier alpha value is -3.09. The average molecular weight is 395 g/mol. The minimum absolute atomic E-state index is 0.0330. The first kappa shape index (κ1) is 19.2. The van der Waals surface area contributed by atoms with E-state index in [1.54, 1.807) is 12.3 Å². The zero-order valence-corrected chi connectivity index (χ0v) is 17.0. The number of carbonyl (C=O) groups is 1. The fraction of sp³-hybridized carbons (Fsp3) is 0.364. The van der Waals surface area contributed by atoms with Gasteiger partial charge in [0.1, 0.15) is 0 Å². The first-order valence-corrected chi connectivity index (χ1v) is 9.91. The predicted octanol–water partition coefficient (Wildman–Crippen LogP) is 3.69. The first-order valence-electron chi connectivity index (χ1n) is 9.91. The number of nitrogens with zero attached hydrogens (tertiary/aromatic N) is 4. The summed E-state index contributed by atoms with van der Waals surface area (Å²) < 4.78 is 16.1. The number of rotatable bonds is 3. The van der Waals surface area contributed by atoms with E-state index in [4.69, 9.17) is 0 Å². The molecule has 1 aliphatic rings. The highest BCUT2D eigenvalue weighted by Crippen LogP contribution is 2.26. The highest BCUT2D eigenvalue weighted by atomic mass is 19.1. The van der Waals surface area contributed by atoms with Crippen molar-refractivity contribution >= 4 is 22.6 Å². The standard InChI is InChI=1S/C22H26FN5O/c1-15-14-27(20-7-9-24-13-19(20)23)11-12-28(15)22(29)25-16(2)18-6-4-5-17-8-10-26(3)21(17)18/h4-10,13,15-16H,11-12,14H2,1-3H3,(H,25,29)/t15-,16+/m1/s1. The maximum atomic E-state index is 14.1. The lowest BCUT2D eigenvalue weighted by atomic mass is 10.1. The van der Waals surface area contributed by atoms with E-state index in [9.17, 15) is 9.18 Å². The molecule has 1 N–H and O–H groups in total. The van der Waals surface area contributed by atoms with Crippen LogP contribution in [0.25, 0.3) is 10.9 Å². The predicted molar refractivity (Wildman–Crippen MR) is 112 cm³/mol. The molecule has 1 saturated heterocycles. The number of hydrogen-bond acceptors (Lipinski definition) is 3. The van der Waals surface area contributed by atoms with E-state index in [1.807, 2.05) is 43.0 Å². The van der Waals surface area contributed by atoms with Crippen molar-refractivity contribution in [2.75, 3.05) is 24.5 Å². The van der Waals surface area contributed by atoms with Crippen molar-refractivity contribution in [2.24, 2.45) is 7.05 Å². The van der Waals surface area contributed by atoms with Crippen molar-refractivity contribution in [3.63, 3.8) is 0 Å². The highest BCUT2D eigenvalue weighted by molar-refractivity contribution is 5.84. The number of amides is 2. The van der Waals surface area contributed by atoms with Crippen molar-refractivity contribution in [2.45, 2.75) is 25.9 Å². The molecule has 1 aliphatic heterocycles. The molecule has 3 aromatic rings. The van der Waals surface area contributed by atoms with Gasteiger partial charge in [-0.25, -0.2) is 9.18 Å². The van der Waals surface area contributed by atoms with Crippen LogP contribution < -0.4 is 10.2 Å². The Labute approximate surface area is 169 Å². The van der Waals surface area contributed by atoms with Crippen LogP contribution >= 0.6 is 0 Å². The lowest BCUT2D eigenvalue weighted by Crippen LogP contribution is -2.57. The van der Waals surface area contributed by atoms with E-state index < -0.39 is 0 Å². The number of piperazine rings is 1. The van der Waals surface area contributed by atoms with Gasteiger partial charge in [-0.2, -0.15) is 0 Å². The number of pyridine rings is 1. The van der Waals surface area contributed by atoms with Crippen LogP contribution in [0.4, 0.5) is 14.9 Å². The molecule has 0 aliphatic carbocycles. The fourth-order valence-electron chi connectivity index (χ4n) is 4.19. The third-order valence-corrected chi connectivity index (χ3v) is 5.72. The first-order chi connectivity index (χ1) is 14.0. The van der Waals surface area contributed by atoms with Crippen LogP contribution in [0.3, 0.4) is 0 Å². The van der Waals surface area contributed by atoms with Gasteiger partial charge in [0, 0.05) is 45.1 Å². The third kappa shape index (κ3) is 3.64. The SMILES string of the molecule is C[C@H](NC(=O)N1CCN(c2ccncc2F)C[C@H]1C)c1cccc2ccn(C)c12. The molecule has 0 spiro atoms. The van der Waals surface area contributed by atoms with E-state index >= 15 is 0 Å². The number of urea groups is 1. The molecule has 4 rings (SSSR count). The van der Waals surface area contributed by atoms with Crippen molar-refractivity contribution in [3.8, 4) is 0 Å². The van der Waals surface area contributed by atoms with E-state index in [0.29, 0.717) is 25.3 Å². The summed E-state index contributed by atoms with van der Waals surface area (Å²) >= 11 is 0. The molecule has 0 unspecified atom stereocenters. The molecule has 0 radical (unpaired) electrons. The number of anilines is 1. The lowest BCUT2D eigenvalue weighted by molar-refractivity contribution is 0.168. The second-order valence-corrected chi connectivity index (χ2v) is 7.70. The Kier molecular flexibility index (Phi) is 5.13. The second-order valence-electron chi connectivity index (χ2n) is 7.70. The van der Waals surface area contributed by atoms with Gasteiger partial charge in [-0.05, 0) is 36.9 Å². The van der Waals surface area contributed by atoms with Gasteiger partial charge >= 0.3 is 6.03 Å². The Morgan fingerprint density at radius 3 is 2.86 bits per heavy atom. The number of para-hydroxylation sites is 1. The molecule has 152 valence electrons. The number of nitrogens with one attached hydrogen (secondary N) is 1. The molecule has 3 heterocycles. The molecule has 2 aromatic heterocycles. The molecular weight excluding hydrogens is 369 g/mol. The Balaban J connectivity index is 1.45. The van der Waals surface area contributed by atoms with E-state index in [0.717, 1.165) is 16.5 Å². The summed E-state index contributed by atoms with van der Waals surface area (Å²) in [5.74, 6) is -0.332. The largest absolute Gasteiger partial charge is 0.365 e. The minimum atomic E-state index is -0.332. The second kappa shape index (κ2) is 7.73. The van der Waals surface area contributed by atoms with E-state index in [2.05, 4.69) is 33.1 Å². The smallest absolute Gasteiger partial charge is 0.318 e. The molecular formula is C22H26FN5O. The van der Waals surface area contributed by atoms with Crippen LogP contribution in [-0.2, 0) is 7.05 Å². The van der Waals surface area contributed by atoms with Crippen molar-refractivity contribution in [1.82, 2.24) is 19.8 Å². The molecule has 1 aromatic carbocycles. The summed E-state index contributed by atoms with van der Waals surface area (Å²) in [7, 11) is 2.01. The van der Waals surface area contributed by atoms with Gasteiger partial charge in [0.2, 0.25) is 0 Å². The van der Waals surface area contributed by atoms with Crippen LogP contribution in [-0.4, -0.2) is 46.2 Å². The number of hydrogen-bond donors (Lipinski definition) is 1. The number of carbonyl (C=O) groups excluding carboxylic acids is 1.